The van der Waals surface area contributed by atoms with Crippen molar-refractivity contribution in [3.63, 3.8) is 0 Å². The number of carbonyl (C=O) groups excluding carboxylic acids is 1. The maximum absolute atomic E-state index is 12.3. The molecule has 0 aliphatic carbocycles. The third-order valence-corrected chi connectivity index (χ3v) is 4.81. The van der Waals surface area contributed by atoms with E-state index in [4.69, 9.17) is 0 Å². The van der Waals surface area contributed by atoms with E-state index in [-0.39, 0.29) is 5.91 Å². The lowest BCUT2D eigenvalue weighted by Gasteiger charge is -2.05. The van der Waals surface area contributed by atoms with E-state index in [1.807, 2.05) is 42.6 Å². The number of benzene rings is 1. The summed E-state index contributed by atoms with van der Waals surface area (Å²) in [6, 6.07) is 9.73. The zero-order chi connectivity index (χ0) is 14.1. The first kappa shape index (κ1) is 13.3. The summed E-state index contributed by atoms with van der Waals surface area (Å²) < 4.78 is 2.04. The molecule has 3 aromatic rings. The SMILES string of the molecule is Cc1cc(NC(=O)c2csc3ccccc23)ncc1Br. The fourth-order valence-corrected chi connectivity index (χ4v) is 3.10. The molecule has 2 heterocycles. The van der Waals surface area contributed by atoms with Gasteiger partial charge in [0, 0.05) is 26.1 Å². The number of rotatable bonds is 2. The van der Waals surface area contributed by atoms with Crippen LogP contribution in [-0.4, -0.2) is 10.9 Å². The van der Waals surface area contributed by atoms with Gasteiger partial charge in [0.25, 0.3) is 5.91 Å². The highest BCUT2D eigenvalue weighted by atomic mass is 79.9. The summed E-state index contributed by atoms with van der Waals surface area (Å²) in [4.78, 5) is 16.5. The lowest BCUT2D eigenvalue weighted by atomic mass is 10.1. The Kier molecular flexibility index (Phi) is 3.54. The topological polar surface area (TPSA) is 42.0 Å². The average molecular weight is 347 g/mol. The Labute approximate surface area is 128 Å². The molecule has 1 N–H and O–H groups in total. The van der Waals surface area contributed by atoms with Crippen LogP contribution in [0.2, 0.25) is 0 Å². The van der Waals surface area contributed by atoms with Crippen molar-refractivity contribution in [2.75, 3.05) is 5.32 Å². The van der Waals surface area contributed by atoms with Crippen LogP contribution in [0.1, 0.15) is 15.9 Å². The number of hydrogen-bond acceptors (Lipinski definition) is 3. The van der Waals surface area contributed by atoms with Crippen LogP contribution in [0.25, 0.3) is 10.1 Å². The Morgan fingerprint density at radius 3 is 2.95 bits per heavy atom. The van der Waals surface area contributed by atoms with Crippen molar-refractivity contribution in [2.45, 2.75) is 6.92 Å². The average Bonchev–Trinajstić information content (AvgIpc) is 2.87. The van der Waals surface area contributed by atoms with E-state index < -0.39 is 0 Å². The fourth-order valence-electron chi connectivity index (χ4n) is 1.94. The Hall–Kier alpha value is -1.72. The number of carbonyl (C=O) groups is 1. The number of anilines is 1. The lowest BCUT2D eigenvalue weighted by molar-refractivity contribution is 0.102. The molecule has 0 saturated heterocycles. The standard InChI is InChI=1S/C15H11BrN2OS/c1-9-6-14(17-7-12(9)16)18-15(19)11-8-20-13-5-3-2-4-10(11)13/h2-8H,1H3,(H,17,18,19). The molecule has 0 radical (unpaired) electrons. The highest BCUT2D eigenvalue weighted by Gasteiger charge is 2.12. The first-order valence-corrected chi connectivity index (χ1v) is 7.72. The molecule has 0 bridgehead atoms. The van der Waals surface area contributed by atoms with Crippen molar-refractivity contribution >= 4 is 49.1 Å². The molecule has 0 saturated carbocycles. The minimum atomic E-state index is -0.128. The van der Waals surface area contributed by atoms with Gasteiger partial charge in [-0.25, -0.2) is 4.98 Å². The quantitative estimate of drug-likeness (QED) is 0.735. The summed E-state index contributed by atoms with van der Waals surface area (Å²) in [5.74, 6) is 0.433. The number of hydrogen-bond donors (Lipinski definition) is 1. The molecular formula is C15H11BrN2OS. The van der Waals surface area contributed by atoms with Crippen molar-refractivity contribution in [3.8, 4) is 0 Å². The largest absolute Gasteiger partial charge is 0.307 e. The van der Waals surface area contributed by atoms with Crippen molar-refractivity contribution < 1.29 is 4.79 Å². The molecule has 100 valence electrons. The molecule has 0 atom stereocenters. The van der Waals surface area contributed by atoms with Crippen molar-refractivity contribution in [2.24, 2.45) is 0 Å². The predicted molar refractivity (Wildman–Crippen MR) is 86.5 cm³/mol. The summed E-state index contributed by atoms with van der Waals surface area (Å²) in [6.45, 7) is 1.96. The number of aromatic nitrogens is 1. The van der Waals surface area contributed by atoms with Crippen LogP contribution in [0.4, 0.5) is 5.82 Å². The van der Waals surface area contributed by atoms with Gasteiger partial charge in [0.2, 0.25) is 0 Å². The molecule has 5 heteroatoms. The van der Waals surface area contributed by atoms with Gasteiger partial charge in [-0.05, 0) is 40.5 Å². The van der Waals surface area contributed by atoms with Crippen molar-refractivity contribution in [3.05, 3.63) is 57.5 Å². The number of nitrogens with zero attached hydrogens (tertiary/aromatic N) is 1. The first-order chi connectivity index (χ1) is 9.65. The fraction of sp³-hybridized carbons (Fsp3) is 0.0667. The van der Waals surface area contributed by atoms with Crippen LogP contribution in [0.3, 0.4) is 0 Å². The summed E-state index contributed by atoms with van der Waals surface area (Å²) in [5.41, 5.74) is 1.72. The predicted octanol–water partition coefficient (Wildman–Crippen LogP) is 4.62. The number of fused-ring (bicyclic) bond motifs is 1. The van der Waals surface area contributed by atoms with Crippen LogP contribution in [0.15, 0.2) is 46.4 Å². The first-order valence-electron chi connectivity index (χ1n) is 6.05. The molecule has 2 aromatic heterocycles. The second-order valence-electron chi connectivity index (χ2n) is 4.42. The molecule has 0 fully saturated rings. The minimum Gasteiger partial charge on any atom is -0.307 e. The molecule has 3 rings (SSSR count). The highest BCUT2D eigenvalue weighted by molar-refractivity contribution is 9.10. The minimum absolute atomic E-state index is 0.128. The van der Waals surface area contributed by atoms with E-state index in [1.54, 1.807) is 17.5 Å². The van der Waals surface area contributed by atoms with Gasteiger partial charge in [0.05, 0.1) is 5.56 Å². The second kappa shape index (κ2) is 5.34. The van der Waals surface area contributed by atoms with Crippen LogP contribution in [-0.2, 0) is 0 Å². The van der Waals surface area contributed by atoms with E-state index >= 15 is 0 Å². The van der Waals surface area contributed by atoms with Crippen molar-refractivity contribution in [1.82, 2.24) is 4.98 Å². The number of aryl methyl sites for hydroxylation is 1. The smallest absolute Gasteiger partial charge is 0.258 e. The molecule has 0 spiro atoms. The zero-order valence-electron chi connectivity index (χ0n) is 10.7. The maximum Gasteiger partial charge on any atom is 0.258 e. The zero-order valence-corrected chi connectivity index (χ0v) is 13.1. The van der Waals surface area contributed by atoms with Gasteiger partial charge in [-0.1, -0.05) is 18.2 Å². The number of halogens is 1. The van der Waals surface area contributed by atoms with E-state index in [0.29, 0.717) is 11.4 Å². The lowest BCUT2D eigenvalue weighted by Crippen LogP contribution is -2.12. The molecule has 0 aliphatic rings. The number of thiophene rings is 1. The Balaban J connectivity index is 1.91. The molecule has 3 nitrogen and oxygen atoms in total. The summed E-state index contributed by atoms with van der Waals surface area (Å²) in [5, 5.41) is 5.70. The van der Waals surface area contributed by atoms with Gasteiger partial charge in [-0.2, -0.15) is 0 Å². The molecule has 1 amide bonds. The summed E-state index contributed by atoms with van der Waals surface area (Å²) in [7, 11) is 0. The van der Waals surface area contributed by atoms with E-state index in [9.17, 15) is 4.79 Å². The van der Waals surface area contributed by atoms with Gasteiger partial charge in [0.15, 0.2) is 0 Å². The van der Waals surface area contributed by atoms with Crippen LogP contribution >= 0.6 is 27.3 Å². The molecule has 1 aromatic carbocycles. The molecule has 0 aliphatic heterocycles. The number of pyridine rings is 1. The van der Waals surface area contributed by atoms with E-state index in [0.717, 1.165) is 20.1 Å². The third kappa shape index (κ3) is 2.46. The Morgan fingerprint density at radius 1 is 1.35 bits per heavy atom. The third-order valence-electron chi connectivity index (χ3n) is 3.01. The van der Waals surface area contributed by atoms with Gasteiger partial charge >= 0.3 is 0 Å². The van der Waals surface area contributed by atoms with Crippen LogP contribution in [0.5, 0.6) is 0 Å². The summed E-state index contributed by atoms with van der Waals surface area (Å²) >= 11 is 4.96. The number of nitrogens with one attached hydrogen (secondary N) is 1. The highest BCUT2D eigenvalue weighted by Crippen LogP contribution is 2.26. The van der Waals surface area contributed by atoms with Crippen molar-refractivity contribution in [1.29, 1.82) is 0 Å². The number of amides is 1. The summed E-state index contributed by atoms with van der Waals surface area (Å²) in [6.07, 6.45) is 1.69. The van der Waals surface area contributed by atoms with Crippen LogP contribution < -0.4 is 5.32 Å². The molecular weight excluding hydrogens is 336 g/mol. The molecule has 0 unspecified atom stereocenters. The van der Waals surface area contributed by atoms with Gasteiger partial charge in [0.1, 0.15) is 5.82 Å². The normalized spacial score (nSPS) is 10.7. The monoisotopic (exact) mass is 346 g/mol. The Morgan fingerprint density at radius 2 is 2.15 bits per heavy atom. The maximum atomic E-state index is 12.3. The van der Waals surface area contributed by atoms with E-state index in [1.165, 1.54) is 0 Å². The molecule has 20 heavy (non-hydrogen) atoms. The second-order valence-corrected chi connectivity index (χ2v) is 6.18. The van der Waals surface area contributed by atoms with Gasteiger partial charge < -0.3 is 5.32 Å². The van der Waals surface area contributed by atoms with E-state index in [2.05, 4.69) is 26.2 Å². The Bertz CT molecular complexity index is 797. The van der Waals surface area contributed by atoms with Gasteiger partial charge in [-0.3, -0.25) is 4.79 Å². The van der Waals surface area contributed by atoms with Crippen LogP contribution in [0, 0.1) is 6.92 Å². The van der Waals surface area contributed by atoms with Gasteiger partial charge in [-0.15, -0.1) is 11.3 Å².